The summed E-state index contributed by atoms with van der Waals surface area (Å²) < 4.78 is 1.67. The van der Waals surface area contributed by atoms with Gasteiger partial charge in [0.05, 0.1) is 11.9 Å². The monoisotopic (exact) mass is 328 g/mol. The van der Waals surface area contributed by atoms with Crippen molar-refractivity contribution in [3.05, 3.63) is 41.7 Å². The SMILES string of the molecule is CC(=O)NCn1cc(-c2nc(Nc3ccccn3)sc2C)cn1. The van der Waals surface area contributed by atoms with Gasteiger partial charge in [0.1, 0.15) is 12.5 Å². The van der Waals surface area contributed by atoms with Crippen LogP contribution in [0.25, 0.3) is 11.3 Å². The van der Waals surface area contributed by atoms with Crippen molar-refractivity contribution in [2.45, 2.75) is 20.5 Å². The molecule has 2 N–H and O–H groups in total. The molecule has 0 aliphatic carbocycles. The number of amides is 1. The number of nitrogens with one attached hydrogen (secondary N) is 2. The van der Waals surface area contributed by atoms with Crippen molar-refractivity contribution in [3.8, 4) is 11.3 Å². The highest BCUT2D eigenvalue weighted by Gasteiger charge is 2.12. The molecule has 3 rings (SSSR count). The van der Waals surface area contributed by atoms with Gasteiger partial charge >= 0.3 is 0 Å². The van der Waals surface area contributed by atoms with Crippen molar-refractivity contribution in [1.29, 1.82) is 0 Å². The molecule has 1 amide bonds. The van der Waals surface area contributed by atoms with E-state index in [2.05, 4.69) is 25.7 Å². The highest BCUT2D eigenvalue weighted by Crippen LogP contribution is 2.31. The summed E-state index contributed by atoms with van der Waals surface area (Å²) >= 11 is 1.56. The number of hydrogen-bond donors (Lipinski definition) is 2. The normalized spacial score (nSPS) is 10.5. The van der Waals surface area contributed by atoms with E-state index in [9.17, 15) is 4.79 Å². The largest absolute Gasteiger partial charge is 0.337 e. The molecule has 3 aromatic rings. The topological polar surface area (TPSA) is 84.7 Å². The maximum atomic E-state index is 10.9. The molecule has 0 saturated carbocycles. The number of nitrogens with zero attached hydrogens (tertiary/aromatic N) is 4. The van der Waals surface area contributed by atoms with E-state index in [1.54, 1.807) is 28.4 Å². The summed E-state index contributed by atoms with van der Waals surface area (Å²) in [5, 5.41) is 10.9. The van der Waals surface area contributed by atoms with Crippen LogP contribution in [0.3, 0.4) is 0 Å². The van der Waals surface area contributed by atoms with Crippen molar-refractivity contribution < 1.29 is 4.79 Å². The quantitative estimate of drug-likeness (QED) is 0.752. The Kier molecular flexibility index (Phi) is 4.33. The molecule has 8 heteroatoms. The Morgan fingerprint density at radius 2 is 2.26 bits per heavy atom. The number of aromatic nitrogens is 4. The summed E-state index contributed by atoms with van der Waals surface area (Å²) in [5.74, 6) is 0.669. The first-order valence-electron chi connectivity index (χ1n) is 7.04. The Morgan fingerprint density at radius 1 is 1.39 bits per heavy atom. The number of rotatable bonds is 5. The summed E-state index contributed by atoms with van der Waals surface area (Å²) in [6, 6.07) is 5.68. The summed E-state index contributed by atoms with van der Waals surface area (Å²) in [6.45, 7) is 3.84. The van der Waals surface area contributed by atoms with Crippen LogP contribution in [0.2, 0.25) is 0 Å². The van der Waals surface area contributed by atoms with Crippen molar-refractivity contribution in [3.63, 3.8) is 0 Å². The number of pyridine rings is 1. The molecule has 0 unspecified atom stereocenters. The fourth-order valence-electron chi connectivity index (χ4n) is 2.03. The maximum Gasteiger partial charge on any atom is 0.218 e. The number of carbonyl (C=O) groups is 1. The molecule has 0 aromatic carbocycles. The molecule has 0 aliphatic rings. The van der Waals surface area contributed by atoms with Crippen LogP contribution in [0.5, 0.6) is 0 Å². The van der Waals surface area contributed by atoms with E-state index in [0.717, 1.165) is 27.1 Å². The minimum absolute atomic E-state index is 0.0891. The fraction of sp³-hybridized carbons (Fsp3) is 0.200. The summed E-state index contributed by atoms with van der Waals surface area (Å²) in [7, 11) is 0. The number of anilines is 2. The van der Waals surface area contributed by atoms with Crippen LogP contribution in [0.15, 0.2) is 36.8 Å². The minimum Gasteiger partial charge on any atom is -0.337 e. The second-order valence-corrected chi connectivity index (χ2v) is 6.13. The van der Waals surface area contributed by atoms with E-state index < -0.39 is 0 Å². The first-order chi connectivity index (χ1) is 11.1. The zero-order chi connectivity index (χ0) is 16.2. The van der Waals surface area contributed by atoms with Gasteiger partial charge in [-0.05, 0) is 19.1 Å². The third-order valence-corrected chi connectivity index (χ3v) is 3.98. The molecule has 0 atom stereocenters. The fourth-order valence-corrected chi connectivity index (χ4v) is 2.87. The Bertz CT molecular complexity index is 810. The van der Waals surface area contributed by atoms with E-state index in [1.807, 2.05) is 31.3 Å². The van der Waals surface area contributed by atoms with Gasteiger partial charge in [-0.15, -0.1) is 11.3 Å². The van der Waals surface area contributed by atoms with Crippen LogP contribution >= 0.6 is 11.3 Å². The van der Waals surface area contributed by atoms with E-state index in [0.29, 0.717) is 6.67 Å². The van der Waals surface area contributed by atoms with Crippen LogP contribution in [0, 0.1) is 6.92 Å². The van der Waals surface area contributed by atoms with Gasteiger partial charge in [-0.2, -0.15) is 5.10 Å². The van der Waals surface area contributed by atoms with E-state index in [-0.39, 0.29) is 5.91 Å². The lowest BCUT2D eigenvalue weighted by molar-refractivity contribution is -0.119. The van der Waals surface area contributed by atoms with E-state index in [4.69, 9.17) is 0 Å². The molecule has 0 aliphatic heterocycles. The summed E-state index contributed by atoms with van der Waals surface area (Å²) in [6.07, 6.45) is 5.34. The van der Waals surface area contributed by atoms with E-state index in [1.165, 1.54) is 6.92 Å². The summed E-state index contributed by atoms with van der Waals surface area (Å²) in [5.41, 5.74) is 1.79. The average Bonchev–Trinajstić information content (AvgIpc) is 3.13. The number of aryl methyl sites for hydroxylation is 1. The van der Waals surface area contributed by atoms with Crippen molar-refractivity contribution >= 4 is 28.2 Å². The predicted octanol–water partition coefficient (Wildman–Crippen LogP) is 2.55. The molecule has 0 bridgehead atoms. The molecule has 3 heterocycles. The molecular weight excluding hydrogens is 312 g/mol. The Morgan fingerprint density at radius 3 is 3.00 bits per heavy atom. The Hall–Kier alpha value is -2.74. The van der Waals surface area contributed by atoms with Gasteiger partial charge in [-0.3, -0.25) is 9.48 Å². The van der Waals surface area contributed by atoms with Crippen LogP contribution < -0.4 is 10.6 Å². The highest BCUT2D eigenvalue weighted by atomic mass is 32.1. The first kappa shape index (κ1) is 15.2. The molecule has 0 saturated heterocycles. The smallest absolute Gasteiger partial charge is 0.218 e. The average molecular weight is 328 g/mol. The number of hydrogen-bond acceptors (Lipinski definition) is 6. The first-order valence-corrected chi connectivity index (χ1v) is 7.86. The van der Waals surface area contributed by atoms with Gasteiger partial charge in [0, 0.05) is 29.8 Å². The number of thiazole rings is 1. The third kappa shape index (κ3) is 3.72. The van der Waals surface area contributed by atoms with Crippen molar-refractivity contribution in [2.75, 3.05) is 5.32 Å². The molecule has 7 nitrogen and oxygen atoms in total. The summed E-state index contributed by atoms with van der Waals surface area (Å²) in [4.78, 5) is 20.9. The second-order valence-electron chi connectivity index (χ2n) is 4.92. The molecule has 0 radical (unpaired) electrons. The predicted molar refractivity (Wildman–Crippen MR) is 89.4 cm³/mol. The lowest BCUT2D eigenvalue weighted by Gasteiger charge is -2.00. The van der Waals surface area contributed by atoms with Crippen LogP contribution in [-0.4, -0.2) is 25.7 Å². The lowest BCUT2D eigenvalue weighted by atomic mass is 10.2. The van der Waals surface area contributed by atoms with Gasteiger partial charge < -0.3 is 10.6 Å². The molecule has 0 fully saturated rings. The number of carbonyl (C=O) groups excluding carboxylic acids is 1. The zero-order valence-corrected chi connectivity index (χ0v) is 13.6. The molecule has 0 spiro atoms. The maximum absolute atomic E-state index is 10.9. The van der Waals surface area contributed by atoms with Gasteiger partial charge in [-0.25, -0.2) is 9.97 Å². The van der Waals surface area contributed by atoms with Gasteiger partial charge in [-0.1, -0.05) is 6.07 Å². The second kappa shape index (κ2) is 6.57. The van der Waals surface area contributed by atoms with E-state index >= 15 is 0 Å². The van der Waals surface area contributed by atoms with Gasteiger partial charge in [0.2, 0.25) is 5.91 Å². The lowest BCUT2D eigenvalue weighted by Crippen LogP contribution is -2.23. The Balaban J connectivity index is 1.77. The van der Waals surface area contributed by atoms with Crippen LogP contribution in [0.4, 0.5) is 10.9 Å². The third-order valence-electron chi connectivity index (χ3n) is 3.09. The highest BCUT2D eigenvalue weighted by molar-refractivity contribution is 7.16. The zero-order valence-electron chi connectivity index (χ0n) is 12.8. The molecule has 118 valence electrons. The molecular formula is C15H16N6OS. The van der Waals surface area contributed by atoms with Crippen molar-refractivity contribution in [1.82, 2.24) is 25.1 Å². The van der Waals surface area contributed by atoms with Crippen molar-refractivity contribution in [2.24, 2.45) is 0 Å². The van der Waals surface area contributed by atoms with Gasteiger partial charge in [0.15, 0.2) is 5.13 Å². The molecule has 23 heavy (non-hydrogen) atoms. The van der Waals surface area contributed by atoms with Crippen LogP contribution in [-0.2, 0) is 11.5 Å². The molecule has 3 aromatic heterocycles. The van der Waals surface area contributed by atoms with Crippen LogP contribution in [0.1, 0.15) is 11.8 Å². The Labute approximate surface area is 137 Å². The standard InChI is InChI=1S/C15H16N6OS/c1-10-14(12-7-18-21(8-12)9-17-11(2)22)20-15(23-10)19-13-5-3-4-6-16-13/h3-8H,9H2,1-2H3,(H,17,22)(H,16,19,20). The minimum atomic E-state index is -0.0891. The van der Waals surface area contributed by atoms with Gasteiger partial charge in [0.25, 0.3) is 0 Å².